The molecule has 0 amide bonds. The summed E-state index contributed by atoms with van der Waals surface area (Å²) in [6.07, 6.45) is 3.85. The minimum Gasteiger partial charge on any atom is -0.335 e. The van der Waals surface area contributed by atoms with Gasteiger partial charge in [-0.25, -0.2) is 4.39 Å². The monoisotopic (exact) mass is 249 g/mol. The van der Waals surface area contributed by atoms with E-state index in [4.69, 9.17) is 0 Å². The van der Waals surface area contributed by atoms with Crippen LogP contribution in [0.4, 0.5) is 4.39 Å². The summed E-state index contributed by atoms with van der Waals surface area (Å²) >= 11 is 0. The Morgan fingerprint density at radius 2 is 1.89 bits per heavy atom. The Kier molecular flexibility index (Phi) is 4.65. The summed E-state index contributed by atoms with van der Waals surface area (Å²) in [4.78, 5) is 10.9. The standard InChI is InChI=1S/C12H12FNO.C3H8/c1-12(2,8-15)14-7-6-9-10(13)4-3-5-11(9)14;1-3-2/h3-8H,1-2H3;3H2,1-2H3. The lowest BCUT2D eigenvalue weighted by Gasteiger charge is -2.20. The minimum atomic E-state index is -0.643. The molecule has 2 aromatic rings. The van der Waals surface area contributed by atoms with E-state index in [0.29, 0.717) is 5.39 Å². The number of hydrogen-bond acceptors (Lipinski definition) is 1. The molecule has 0 radical (unpaired) electrons. The van der Waals surface area contributed by atoms with Gasteiger partial charge in [0.1, 0.15) is 12.1 Å². The van der Waals surface area contributed by atoms with Crippen molar-refractivity contribution in [1.82, 2.24) is 4.57 Å². The SMILES string of the molecule is CC(C)(C=O)n1ccc2c(F)cccc21.CCC. The van der Waals surface area contributed by atoms with E-state index in [-0.39, 0.29) is 5.82 Å². The predicted octanol–water partition coefficient (Wildman–Crippen LogP) is 4.13. The molecule has 0 bridgehead atoms. The molecular weight excluding hydrogens is 229 g/mol. The van der Waals surface area contributed by atoms with E-state index in [1.54, 1.807) is 36.7 Å². The Balaban J connectivity index is 0.000000492. The topological polar surface area (TPSA) is 22.0 Å². The van der Waals surface area contributed by atoms with Crippen molar-refractivity contribution < 1.29 is 9.18 Å². The first-order valence-electron chi connectivity index (χ1n) is 6.20. The smallest absolute Gasteiger partial charge is 0.145 e. The van der Waals surface area contributed by atoms with Crippen molar-refractivity contribution in [2.75, 3.05) is 0 Å². The van der Waals surface area contributed by atoms with Crippen LogP contribution < -0.4 is 0 Å². The molecule has 18 heavy (non-hydrogen) atoms. The fourth-order valence-corrected chi connectivity index (χ4v) is 1.69. The molecular formula is C15H20FNO. The number of carbonyl (C=O) groups is 1. The molecule has 3 heteroatoms. The van der Waals surface area contributed by atoms with Crippen molar-refractivity contribution in [1.29, 1.82) is 0 Å². The largest absolute Gasteiger partial charge is 0.335 e. The van der Waals surface area contributed by atoms with Crippen molar-refractivity contribution in [3.63, 3.8) is 0 Å². The van der Waals surface area contributed by atoms with Crippen LogP contribution in [0, 0.1) is 5.82 Å². The van der Waals surface area contributed by atoms with Crippen LogP contribution in [0.2, 0.25) is 0 Å². The Morgan fingerprint density at radius 1 is 1.28 bits per heavy atom. The third-order valence-corrected chi connectivity index (χ3v) is 2.59. The number of hydrogen-bond donors (Lipinski definition) is 0. The second-order valence-corrected chi connectivity index (χ2v) is 4.84. The summed E-state index contributed by atoms with van der Waals surface area (Å²) < 4.78 is 15.2. The quantitative estimate of drug-likeness (QED) is 0.733. The van der Waals surface area contributed by atoms with Crippen molar-refractivity contribution in [2.45, 2.75) is 39.7 Å². The molecule has 0 N–H and O–H groups in total. The fraction of sp³-hybridized carbons (Fsp3) is 0.400. The molecule has 0 aliphatic carbocycles. The normalized spacial score (nSPS) is 10.9. The Bertz CT molecular complexity index is 528. The molecule has 0 aliphatic rings. The lowest BCUT2D eigenvalue weighted by molar-refractivity contribution is -0.113. The maximum absolute atomic E-state index is 13.4. The maximum atomic E-state index is 13.4. The molecule has 0 atom stereocenters. The molecule has 1 aromatic heterocycles. The van der Waals surface area contributed by atoms with Crippen LogP contribution in [-0.2, 0) is 10.3 Å². The molecule has 0 spiro atoms. The van der Waals surface area contributed by atoms with Gasteiger partial charge in [0.15, 0.2) is 0 Å². The number of fused-ring (bicyclic) bond motifs is 1. The molecule has 1 aromatic carbocycles. The van der Waals surface area contributed by atoms with Crippen LogP contribution in [0.15, 0.2) is 30.5 Å². The van der Waals surface area contributed by atoms with Crippen LogP contribution in [0.25, 0.3) is 10.9 Å². The molecule has 0 unspecified atom stereocenters. The van der Waals surface area contributed by atoms with E-state index >= 15 is 0 Å². The third-order valence-electron chi connectivity index (χ3n) is 2.59. The van der Waals surface area contributed by atoms with Gasteiger partial charge in [0.05, 0.1) is 11.1 Å². The van der Waals surface area contributed by atoms with Crippen LogP contribution in [0.5, 0.6) is 0 Å². The molecule has 0 fully saturated rings. The lowest BCUT2D eigenvalue weighted by Crippen LogP contribution is -2.26. The molecule has 2 nitrogen and oxygen atoms in total. The maximum Gasteiger partial charge on any atom is 0.145 e. The minimum absolute atomic E-state index is 0.257. The number of carbonyl (C=O) groups excluding carboxylic acids is 1. The van der Waals surface area contributed by atoms with Crippen molar-refractivity contribution in [3.05, 3.63) is 36.3 Å². The van der Waals surface area contributed by atoms with Crippen molar-refractivity contribution >= 4 is 17.2 Å². The number of halogens is 1. The first kappa shape index (κ1) is 14.4. The zero-order valence-electron chi connectivity index (χ0n) is 11.4. The zero-order chi connectivity index (χ0) is 13.8. The average Bonchev–Trinajstić information content (AvgIpc) is 2.76. The van der Waals surface area contributed by atoms with Gasteiger partial charge in [-0.1, -0.05) is 26.3 Å². The number of aldehydes is 1. The highest BCUT2D eigenvalue weighted by atomic mass is 19.1. The van der Waals surface area contributed by atoms with Crippen LogP contribution in [-0.4, -0.2) is 10.9 Å². The van der Waals surface area contributed by atoms with Crippen LogP contribution in [0.3, 0.4) is 0 Å². The van der Waals surface area contributed by atoms with Gasteiger partial charge in [-0.05, 0) is 32.0 Å². The van der Waals surface area contributed by atoms with Crippen molar-refractivity contribution in [3.8, 4) is 0 Å². The number of rotatable bonds is 2. The fourth-order valence-electron chi connectivity index (χ4n) is 1.69. The molecule has 0 saturated heterocycles. The van der Waals surface area contributed by atoms with E-state index < -0.39 is 5.54 Å². The van der Waals surface area contributed by atoms with Gasteiger partial charge < -0.3 is 9.36 Å². The molecule has 0 aliphatic heterocycles. The summed E-state index contributed by atoms with van der Waals surface area (Å²) in [5.74, 6) is -0.257. The van der Waals surface area contributed by atoms with E-state index in [2.05, 4.69) is 13.8 Å². The van der Waals surface area contributed by atoms with E-state index in [1.807, 2.05) is 6.07 Å². The van der Waals surface area contributed by atoms with Gasteiger partial charge in [0.2, 0.25) is 0 Å². The first-order valence-corrected chi connectivity index (χ1v) is 6.20. The van der Waals surface area contributed by atoms with Crippen LogP contribution in [0.1, 0.15) is 34.1 Å². The summed E-state index contributed by atoms with van der Waals surface area (Å²) in [5.41, 5.74) is 0.0994. The summed E-state index contributed by atoms with van der Waals surface area (Å²) in [6.45, 7) is 7.84. The van der Waals surface area contributed by atoms with Gasteiger partial charge in [0, 0.05) is 11.6 Å². The van der Waals surface area contributed by atoms with Gasteiger partial charge in [-0.15, -0.1) is 0 Å². The molecule has 98 valence electrons. The molecule has 0 saturated carbocycles. The zero-order valence-corrected chi connectivity index (χ0v) is 11.4. The first-order chi connectivity index (χ1) is 8.47. The average molecular weight is 249 g/mol. The second-order valence-electron chi connectivity index (χ2n) is 4.84. The van der Waals surface area contributed by atoms with Gasteiger partial charge in [-0.3, -0.25) is 0 Å². The van der Waals surface area contributed by atoms with E-state index in [1.165, 1.54) is 12.5 Å². The highest BCUT2D eigenvalue weighted by Gasteiger charge is 2.20. The van der Waals surface area contributed by atoms with Crippen molar-refractivity contribution in [2.24, 2.45) is 0 Å². The van der Waals surface area contributed by atoms with E-state index in [0.717, 1.165) is 11.8 Å². The predicted molar refractivity (Wildman–Crippen MR) is 73.2 cm³/mol. The summed E-state index contributed by atoms with van der Waals surface area (Å²) in [7, 11) is 0. The summed E-state index contributed by atoms with van der Waals surface area (Å²) in [6, 6.07) is 6.56. The molecule has 1 heterocycles. The van der Waals surface area contributed by atoms with Crippen LogP contribution >= 0.6 is 0 Å². The van der Waals surface area contributed by atoms with Gasteiger partial charge >= 0.3 is 0 Å². The lowest BCUT2D eigenvalue weighted by atomic mass is 10.1. The summed E-state index contributed by atoms with van der Waals surface area (Å²) in [5, 5.41) is 0.549. The number of benzene rings is 1. The Labute approximate surface area is 107 Å². The Hall–Kier alpha value is -1.64. The van der Waals surface area contributed by atoms with Gasteiger partial charge in [-0.2, -0.15) is 0 Å². The van der Waals surface area contributed by atoms with E-state index in [9.17, 15) is 9.18 Å². The second kappa shape index (κ2) is 5.80. The van der Waals surface area contributed by atoms with Gasteiger partial charge in [0.25, 0.3) is 0 Å². The Morgan fingerprint density at radius 3 is 2.44 bits per heavy atom. The molecule has 2 rings (SSSR count). The number of nitrogens with zero attached hydrogens (tertiary/aromatic N) is 1. The highest BCUT2D eigenvalue weighted by Crippen LogP contribution is 2.24. The third kappa shape index (κ3) is 2.78. The number of aromatic nitrogens is 1. The highest BCUT2D eigenvalue weighted by molar-refractivity contribution is 5.82.